The number of thiazole rings is 1. The molecule has 0 saturated heterocycles. The first kappa shape index (κ1) is 14.3. The molecule has 0 amide bonds. The van der Waals surface area contributed by atoms with Crippen LogP contribution in [-0.2, 0) is 5.41 Å². The van der Waals surface area contributed by atoms with E-state index in [-0.39, 0.29) is 11.2 Å². The molecule has 4 N–H and O–H groups in total. The lowest BCUT2D eigenvalue weighted by atomic mass is 9.86. The summed E-state index contributed by atoms with van der Waals surface area (Å²) < 4.78 is 0. The SMILES string of the molecule is CC(C)(C)c1ccc(O)c(C=NNc2nc(N)cs2)c1. The normalized spacial score (nSPS) is 11.9. The first-order valence-electron chi connectivity index (χ1n) is 6.20. The molecule has 1 heterocycles. The van der Waals surface area contributed by atoms with Gasteiger partial charge in [0.05, 0.1) is 6.21 Å². The third-order valence-electron chi connectivity index (χ3n) is 2.78. The number of rotatable bonds is 3. The molecule has 0 spiro atoms. The number of nitrogens with zero attached hydrogens (tertiary/aromatic N) is 2. The molecule has 0 radical (unpaired) electrons. The molecule has 0 atom stereocenters. The van der Waals surface area contributed by atoms with Crippen LogP contribution in [0.2, 0.25) is 0 Å². The first-order chi connectivity index (χ1) is 9.36. The van der Waals surface area contributed by atoms with Crippen LogP contribution in [0.5, 0.6) is 5.75 Å². The van der Waals surface area contributed by atoms with E-state index in [4.69, 9.17) is 5.73 Å². The Kier molecular flexibility index (Phi) is 3.94. The van der Waals surface area contributed by atoms with Gasteiger partial charge in [0, 0.05) is 10.9 Å². The molecule has 1 aromatic heterocycles. The lowest BCUT2D eigenvalue weighted by molar-refractivity contribution is 0.473. The summed E-state index contributed by atoms with van der Waals surface area (Å²) in [7, 11) is 0. The predicted octanol–water partition coefficient (Wildman–Crippen LogP) is 3.17. The number of nitrogens with one attached hydrogen (secondary N) is 1. The quantitative estimate of drug-likeness (QED) is 0.599. The highest BCUT2D eigenvalue weighted by Gasteiger charge is 2.14. The van der Waals surface area contributed by atoms with E-state index in [1.807, 2.05) is 12.1 Å². The number of benzene rings is 1. The third kappa shape index (κ3) is 3.48. The molecular weight excluding hydrogens is 272 g/mol. The average molecular weight is 290 g/mol. The number of phenolic OH excluding ortho intramolecular Hbond substituents is 1. The van der Waals surface area contributed by atoms with E-state index in [0.29, 0.717) is 16.5 Å². The standard InChI is InChI=1S/C14H18N4OS/c1-14(2,3)10-4-5-11(19)9(6-10)7-16-18-13-17-12(15)8-20-13/h4-8,19H,15H2,1-3H3,(H,17,18). The summed E-state index contributed by atoms with van der Waals surface area (Å²) in [4.78, 5) is 4.03. The van der Waals surface area contributed by atoms with Crippen molar-refractivity contribution in [2.24, 2.45) is 5.10 Å². The zero-order valence-electron chi connectivity index (χ0n) is 11.7. The number of anilines is 2. The number of aromatic nitrogens is 1. The van der Waals surface area contributed by atoms with Gasteiger partial charge in [-0.25, -0.2) is 4.98 Å². The van der Waals surface area contributed by atoms with Crippen LogP contribution < -0.4 is 11.2 Å². The van der Waals surface area contributed by atoms with Gasteiger partial charge in [-0.05, 0) is 23.1 Å². The summed E-state index contributed by atoms with van der Waals surface area (Å²) in [5.41, 5.74) is 10.1. The van der Waals surface area contributed by atoms with Crippen molar-refractivity contribution in [3.8, 4) is 5.75 Å². The molecule has 1 aromatic carbocycles. The largest absolute Gasteiger partial charge is 0.507 e. The molecule has 0 saturated carbocycles. The summed E-state index contributed by atoms with van der Waals surface area (Å²) in [6.07, 6.45) is 1.57. The van der Waals surface area contributed by atoms with Crippen LogP contribution in [-0.4, -0.2) is 16.3 Å². The van der Waals surface area contributed by atoms with Gasteiger partial charge < -0.3 is 10.8 Å². The molecule has 0 unspecified atom stereocenters. The van der Waals surface area contributed by atoms with Gasteiger partial charge in [0.1, 0.15) is 11.6 Å². The molecule has 0 aliphatic carbocycles. The van der Waals surface area contributed by atoms with E-state index >= 15 is 0 Å². The van der Waals surface area contributed by atoms with Crippen LogP contribution >= 0.6 is 11.3 Å². The highest BCUT2D eigenvalue weighted by molar-refractivity contribution is 7.14. The lowest BCUT2D eigenvalue weighted by Gasteiger charge is -2.19. The minimum Gasteiger partial charge on any atom is -0.507 e. The Hall–Kier alpha value is -2.08. The van der Waals surface area contributed by atoms with Crippen LogP contribution in [0.4, 0.5) is 10.9 Å². The number of hydrogen-bond acceptors (Lipinski definition) is 6. The van der Waals surface area contributed by atoms with Gasteiger partial charge in [0.2, 0.25) is 5.13 Å². The topological polar surface area (TPSA) is 83.5 Å². The zero-order chi connectivity index (χ0) is 14.8. The van der Waals surface area contributed by atoms with Crippen LogP contribution in [0.15, 0.2) is 28.7 Å². The maximum absolute atomic E-state index is 9.85. The molecule has 2 aromatic rings. The van der Waals surface area contributed by atoms with E-state index in [1.54, 1.807) is 17.7 Å². The minimum absolute atomic E-state index is 0.0213. The van der Waals surface area contributed by atoms with Crippen molar-refractivity contribution in [3.05, 3.63) is 34.7 Å². The molecule has 106 valence electrons. The Morgan fingerprint density at radius 3 is 2.75 bits per heavy atom. The zero-order valence-corrected chi connectivity index (χ0v) is 12.5. The van der Waals surface area contributed by atoms with Gasteiger partial charge in [-0.15, -0.1) is 11.3 Å². The highest BCUT2D eigenvalue weighted by Crippen LogP contribution is 2.26. The molecule has 2 rings (SSSR count). The van der Waals surface area contributed by atoms with E-state index in [1.165, 1.54) is 11.3 Å². The van der Waals surface area contributed by atoms with Gasteiger partial charge in [-0.3, -0.25) is 5.43 Å². The van der Waals surface area contributed by atoms with Crippen molar-refractivity contribution >= 4 is 28.5 Å². The molecule has 0 bridgehead atoms. The Morgan fingerprint density at radius 1 is 1.40 bits per heavy atom. The molecule has 0 aliphatic heterocycles. The Bertz CT molecular complexity index is 628. The van der Waals surface area contributed by atoms with Gasteiger partial charge in [0.25, 0.3) is 0 Å². The summed E-state index contributed by atoms with van der Waals surface area (Å²) in [5.74, 6) is 0.660. The van der Waals surface area contributed by atoms with Gasteiger partial charge in [0.15, 0.2) is 0 Å². The Balaban J connectivity index is 2.16. The van der Waals surface area contributed by atoms with Crippen LogP contribution in [0, 0.1) is 0 Å². The number of hydrazone groups is 1. The van der Waals surface area contributed by atoms with Gasteiger partial charge in [-0.1, -0.05) is 26.8 Å². The second-order valence-electron chi connectivity index (χ2n) is 5.47. The second-order valence-corrected chi connectivity index (χ2v) is 6.33. The molecule has 20 heavy (non-hydrogen) atoms. The monoisotopic (exact) mass is 290 g/mol. The van der Waals surface area contributed by atoms with Crippen molar-refractivity contribution in [3.63, 3.8) is 0 Å². The van der Waals surface area contributed by atoms with Crippen LogP contribution in [0.25, 0.3) is 0 Å². The van der Waals surface area contributed by atoms with E-state index in [2.05, 4.69) is 36.3 Å². The molecule has 0 fully saturated rings. The van der Waals surface area contributed by atoms with Gasteiger partial charge >= 0.3 is 0 Å². The number of nitrogens with two attached hydrogens (primary N) is 1. The van der Waals surface area contributed by atoms with E-state index in [9.17, 15) is 5.11 Å². The van der Waals surface area contributed by atoms with Crippen LogP contribution in [0.3, 0.4) is 0 Å². The lowest BCUT2D eigenvalue weighted by Crippen LogP contribution is -2.11. The second kappa shape index (κ2) is 5.50. The number of aromatic hydroxyl groups is 1. The van der Waals surface area contributed by atoms with Crippen molar-refractivity contribution in [2.75, 3.05) is 11.2 Å². The maximum atomic E-state index is 9.85. The smallest absolute Gasteiger partial charge is 0.205 e. The fraction of sp³-hybridized carbons (Fsp3) is 0.286. The fourth-order valence-corrected chi connectivity index (χ4v) is 2.17. The maximum Gasteiger partial charge on any atom is 0.205 e. The first-order valence-corrected chi connectivity index (χ1v) is 7.08. The summed E-state index contributed by atoms with van der Waals surface area (Å²) in [6.45, 7) is 6.37. The van der Waals surface area contributed by atoms with Crippen molar-refractivity contribution in [1.29, 1.82) is 0 Å². The number of nitrogen functional groups attached to an aromatic ring is 1. The third-order valence-corrected chi connectivity index (χ3v) is 3.54. The number of hydrogen-bond donors (Lipinski definition) is 3. The Morgan fingerprint density at radius 2 is 2.15 bits per heavy atom. The van der Waals surface area contributed by atoms with Crippen LogP contribution in [0.1, 0.15) is 31.9 Å². The fourth-order valence-electron chi connectivity index (χ4n) is 1.62. The summed E-state index contributed by atoms with van der Waals surface area (Å²) in [5, 5.41) is 16.3. The molecular formula is C14H18N4OS. The summed E-state index contributed by atoms with van der Waals surface area (Å²) in [6, 6.07) is 5.53. The highest BCUT2D eigenvalue weighted by atomic mass is 32.1. The molecule has 6 heteroatoms. The van der Waals surface area contributed by atoms with Crippen molar-refractivity contribution in [1.82, 2.24) is 4.98 Å². The minimum atomic E-state index is 0.0213. The van der Waals surface area contributed by atoms with Crippen molar-refractivity contribution in [2.45, 2.75) is 26.2 Å². The molecule has 5 nitrogen and oxygen atoms in total. The van der Waals surface area contributed by atoms with Crippen molar-refractivity contribution < 1.29 is 5.11 Å². The Labute approximate surface area is 122 Å². The number of phenols is 1. The predicted molar refractivity (Wildman–Crippen MR) is 84.5 cm³/mol. The summed E-state index contributed by atoms with van der Waals surface area (Å²) >= 11 is 1.37. The van der Waals surface area contributed by atoms with E-state index in [0.717, 1.165) is 5.56 Å². The average Bonchev–Trinajstić information content (AvgIpc) is 2.76. The van der Waals surface area contributed by atoms with E-state index < -0.39 is 0 Å². The molecule has 0 aliphatic rings. The van der Waals surface area contributed by atoms with Gasteiger partial charge in [-0.2, -0.15) is 5.10 Å².